The maximum atomic E-state index is 12.6. The zero-order valence-electron chi connectivity index (χ0n) is 14.2. The lowest BCUT2D eigenvalue weighted by molar-refractivity contribution is 0.0461. The van der Waals surface area contributed by atoms with Gasteiger partial charge in [0, 0.05) is 49.9 Å². The fourth-order valence-corrected chi connectivity index (χ4v) is 3.31. The van der Waals surface area contributed by atoms with Crippen LogP contribution in [0, 0.1) is 5.92 Å². The van der Waals surface area contributed by atoms with Crippen LogP contribution in [0.5, 0.6) is 0 Å². The average molecular weight is 335 g/mol. The van der Waals surface area contributed by atoms with Crippen LogP contribution >= 0.6 is 0 Å². The summed E-state index contributed by atoms with van der Waals surface area (Å²) in [5, 5.41) is 7.14. The van der Waals surface area contributed by atoms with Crippen LogP contribution in [0.4, 0.5) is 0 Å². The molecule has 1 aliphatic rings. The standard InChI is InChI=1S/C19H21N5O/c1-2-18-20-8-9-23(18)11-14-12-24(13-14)19(25)17-10-16(21-22-17)15-6-4-3-5-7-15/h3-10,14H,2,11-13H2,1H3,(H,21,22). The van der Waals surface area contributed by atoms with Crippen molar-refractivity contribution in [2.24, 2.45) is 5.92 Å². The molecule has 6 heteroatoms. The average Bonchev–Trinajstić information content (AvgIpc) is 3.27. The zero-order chi connectivity index (χ0) is 17.2. The van der Waals surface area contributed by atoms with Crippen molar-refractivity contribution in [2.45, 2.75) is 19.9 Å². The topological polar surface area (TPSA) is 66.8 Å². The Morgan fingerprint density at radius 1 is 1.28 bits per heavy atom. The van der Waals surface area contributed by atoms with E-state index in [0.29, 0.717) is 11.6 Å². The van der Waals surface area contributed by atoms with E-state index in [1.54, 1.807) is 0 Å². The zero-order valence-corrected chi connectivity index (χ0v) is 14.2. The van der Waals surface area contributed by atoms with Gasteiger partial charge in [0.2, 0.25) is 0 Å². The highest BCUT2D eigenvalue weighted by Crippen LogP contribution is 2.22. The minimum atomic E-state index is 0.0206. The third-order valence-electron chi connectivity index (χ3n) is 4.70. The number of imidazole rings is 1. The largest absolute Gasteiger partial charge is 0.337 e. The van der Waals surface area contributed by atoms with Crippen molar-refractivity contribution in [3.63, 3.8) is 0 Å². The van der Waals surface area contributed by atoms with Crippen molar-refractivity contribution in [1.29, 1.82) is 0 Å². The van der Waals surface area contributed by atoms with Gasteiger partial charge >= 0.3 is 0 Å². The van der Waals surface area contributed by atoms with Crippen molar-refractivity contribution in [3.05, 3.63) is 60.3 Å². The van der Waals surface area contributed by atoms with Gasteiger partial charge in [-0.15, -0.1) is 0 Å². The molecule has 3 aromatic rings. The van der Waals surface area contributed by atoms with Crippen LogP contribution in [0.1, 0.15) is 23.2 Å². The van der Waals surface area contributed by atoms with E-state index in [1.807, 2.05) is 53.7 Å². The maximum Gasteiger partial charge on any atom is 0.271 e. The Hall–Kier alpha value is -2.89. The Kier molecular flexibility index (Phi) is 4.09. The minimum Gasteiger partial charge on any atom is -0.337 e. The molecular weight excluding hydrogens is 314 g/mol. The highest BCUT2D eigenvalue weighted by atomic mass is 16.2. The Bertz CT molecular complexity index is 861. The second kappa shape index (κ2) is 6.55. The van der Waals surface area contributed by atoms with Crippen molar-refractivity contribution in [1.82, 2.24) is 24.6 Å². The quantitative estimate of drug-likeness (QED) is 0.779. The lowest BCUT2D eigenvalue weighted by Gasteiger charge is -2.39. The van der Waals surface area contributed by atoms with E-state index < -0.39 is 0 Å². The SMILES string of the molecule is CCc1nccn1CC1CN(C(=O)c2cc(-c3ccccc3)n[nH]2)C1. The molecule has 0 saturated carbocycles. The maximum absolute atomic E-state index is 12.6. The molecule has 1 aromatic carbocycles. The van der Waals surface area contributed by atoms with Gasteiger partial charge in [0.25, 0.3) is 5.91 Å². The number of hydrogen-bond donors (Lipinski definition) is 1. The number of aromatic nitrogens is 4. The summed E-state index contributed by atoms with van der Waals surface area (Å²) in [5.41, 5.74) is 2.35. The summed E-state index contributed by atoms with van der Waals surface area (Å²) in [4.78, 5) is 18.8. The number of benzene rings is 1. The van der Waals surface area contributed by atoms with E-state index in [2.05, 4.69) is 26.7 Å². The molecule has 1 aliphatic heterocycles. The van der Waals surface area contributed by atoms with Gasteiger partial charge in [-0.05, 0) is 6.07 Å². The second-order valence-corrected chi connectivity index (χ2v) is 6.46. The highest BCUT2D eigenvalue weighted by Gasteiger charge is 2.32. The molecule has 3 heterocycles. The molecule has 0 aliphatic carbocycles. The molecule has 25 heavy (non-hydrogen) atoms. The first-order valence-corrected chi connectivity index (χ1v) is 8.64. The van der Waals surface area contributed by atoms with Gasteiger partial charge in [0.05, 0.1) is 5.69 Å². The fraction of sp³-hybridized carbons (Fsp3) is 0.316. The highest BCUT2D eigenvalue weighted by molar-refractivity contribution is 5.93. The molecule has 0 bridgehead atoms. The van der Waals surface area contributed by atoms with Crippen molar-refractivity contribution in [3.8, 4) is 11.3 Å². The smallest absolute Gasteiger partial charge is 0.271 e. The number of aromatic amines is 1. The van der Waals surface area contributed by atoms with Gasteiger partial charge < -0.3 is 9.47 Å². The molecule has 4 rings (SSSR count). The number of rotatable bonds is 5. The van der Waals surface area contributed by atoms with Crippen LogP contribution in [-0.4, -0.2) is 43.6 Å². The molecule has 1 fully saturated rings. The summed E-state index contributed by atoms with van der Waals surface area (Å²) in [6.45, 7) is 4.59. The molecule has 1 amide bonds. The lowest BCUT2D eigenvalue weighted by Crippen LogP contribution is -2.51. The van der Waals surface area contributed by atoms with E-state index in [1.165, 1.54) is 0 Å². The van der Waals surface area contributed by atoms with E-state index in [9.17, 15) is 4.79 Å². The summed E-state index contributed by atoms with van der Waals surface area (Å²) in [7, 11) is 0. The van der Waals surface area contributed by atoms with E-state index >= 15 is 0 Å². The summed E-state index contributed by atoms with van der Waals surface area (Å²) < 4.78 is 2.19. The van der Waals surface area contributed by atoms with Crippen LogP contribution in [-0.2, 0) is 13.0 Å². The monoisotopic (exact) mass is 335 g/mol. The Labute approximate surface area is 146 Å². The van der Waals surface area contributed by atoms with Crippen LogP contribution in [0.3, 0.4) is 0 Å². The van der Waals surface area contributed by atoms with Crippen LogP contribution in [0.15, 0.2) is 48.8 Å². The normalized spacial score (nSPS) is 14.5. The van der Waals surface area contributed by atoms with Crippen LogP contribution < -0.4 is 0 Å². The van der Waals surface area contributed by atoms with E-state index in [4.69, 9.17) is 0 Å². The van der Waals surface area contributed by atoms with Gasteiger partial charge in [-0.2, -0.15) is 5.10 Å². The van der Waals surface area contributed by atoms with Crippen molar-refractivity contribution >= 4 is 5.91 Å². The summed E-state index contributed by atoms with van der Waals surface area (Å²) in [6.07, 6.45) is 4.79. The molecule has 2 aromatic heterocycles. The molecule has 0 unspecified atom stereocenters. The molecule has 0 spiro atoms. The van der Waals surface area contributed by atoms with Crippen LogP contribution in [0.2, 0.25) is 0 Å². The number of carbonyl (C=O) groups excluding carboxylic acids is 1. The third-order valence-corrected chi connectivity index (χ3v) is 4.70. The van der Waals surface area contributed by atoms with Crippen molar-refractivity contribution < 1.29 is 4.79 Å². The molecular formula is C19H21N5O. The number of nitrogens with one attached hydrogen (secondary N) is 1. The number of amides is 1. The van der Waals surface area contributed by atoms with E-state index in [0.717, 1.165) is 43.1 Å². The number of aryl methyl sites for hydroxylation is 1. The first kappa shape index (κ1) is 15.6. The van der Waals surface area contributed by atoms with Crippen LogP contribution in [0.25, 0.3) is 11.3 Å². The van der Waals surface area contributed by atoms with Gasteiger partial charge in [-0.1, -0.05) is 37.3 Å². The van der Waals surface area contributed by atoms with Crippen molar-refractivity contribution in [2.75, 3.05) is 13.1 Å². The number of H-pyrrole nitrogens is 1. The first-order valence-electron chi connectivity index (χ1n) is 8.64. The lowest BCUT2D eigenvalue weighted by atomic mass is 9.99. The predicted molar refractivity (Wildman–Crippen MR) is 95.0 cm³/mol. The molecule has 6 nitrogen and oxygen atoms in total. The minimum absolute atomic E-state index is 0.0206. The Morgan fingerprint density at radius 3 is 2.84 bits per heavy atom. The summed E-state index contributed by atoms with van der Waals surface area (Å²) in [5.74, 6) is 1.61. The number of carbonyl (C=O) groups is 1. The van der Waals surface area contributed by atoms with Gasteiger partial charge in [0.15, 0.2) is 0 Å². The molecule has 1 saturated heterocycles. The second-order valence-electron chi connectivity index (χ2n) is 6.46. The number of hydrogen-bond acceptors (Lipinski definition) is 3. The first-order chi connectivity index (χ1) is 12.2. The van der Waals surface area contributed by atoms with Gasteiger partial charge in [0.1, 0.15) is 11.5 Å². The Balaban J connectivity index is 1.37. The number of likely N-dealkylation sites (tertiary alicyclic amines) is 1. The molecule has 0 radical (unpaired) electrons. The summed E-state index contributed by atoms with van der Waals surface area (Å²) in [6, 6.07) is 11.7. The molecule has 128 valence electrons. The summed E-state index contributed by atoms with van der Waals surface area (Å²) >= 11 is 0. The van der Waals surface area contributed by atoms with Gasteiger partial charge in [-0.3, -0.25) is 9.89 Å². The Morgan fingerprint density at radius 2 is 2.08 bits per heavy atom. The molecule has 0 atom stereocenters. The van der Waals surface area contributed by atoms with Gasteiger partial charge in [-0.25, -0.2) is 4.98 Å². The third kappa shape index (κ3) is 3.07. The molecule has 1 N–H and O–H groups in total. The fourth-order valence-electron chi connectivity index (χ4n) is 3.31. The van der Waals surface area contributed by atoms with E-state index in [-0.39, 0.29) is 5.91 Å². The predicted octanol–water partition coefficient (Wildman–Crippen LogP) is 2.61. The number of nitrogens with zero attached hydrogens (tertiary/aromatic N) is 4.